The molecule has 30 heavy (non-hydrogen) atoms. The van der Waals surface area contributed by atoms with Crippen LogP contribution < -0.4 is 10.0 Å². The monoisotopic (exact) mass is 417 g/mol. The van der Waals surface area contributed by atoms with E-state index in [0.717, 1.165) is 16.5 Å². The summed E-state index contributed by atoms with van der Waals surface area (Å²) in [6, 6.07) is 22.2. The van der Waals surface area contributed by atoms with Crippen LogP contribution in [0.5, 0.6) is 0 Å². The molecule has 0 spiro atoms. The number of nitrogens with zero attached hydrogens (tertiary/aromatic N) is 1. The van der Waals surface area contributed by atoms with E-state index in [1.807, 2.05) is 31.2 Å². The zero-order valence-corrected chi connectivity index (χ0v) is 17.0. The highest BCUT2D eigenvalue weighted by atomic mass is 32.2. The number of amides is 1. The highest BCUT2D eigenvalue weighted by Crippen LogP contribution is 2.21. The summed E-state index contributed by atoms with van der Waals surface area (Å²) >= 11 is 0. The summed E-state index contributed by atoms with van der Waals surface area (Å²) in [6.07, 6.45) is 1.60. The molecule has 0 aliphatic heterocycles. The fourth-order valence-electron chi connectivity index (χ4n) is 3.05. The Morgan fingerprint density at radius 1 is 0.833 bits per heavy atom. The van der Waals surface area contributed by atoms with E-state index in [-0.39, 0.29) is 10.8 Å². The van der Waals surface area contributed by atoms with Crippen molar-refractivity contribution >= 4 is 38.2 Å². The molecule has 1 heterocycles. The molecule has 0 fully saturated rings. The van der Waals surface area contributed by atoms with Crippen LogP contribution in [-0.4, -0.2) is 19.3 Å². The molecule has 7 heteroatoms. The number of carbonyl (C=O) groups excluding carboxylic acids is 1. The minimum absolute atomic E-state index is 0.190. The average molecular weight is 417 g/mol. The number of hydrogen-bond donors (Lipinski definition) is 2. The second kappa shape index (κ2) is 7.96. The van der Waals surface area contributed by atoms with Crippen molar-refractivity contribution in [2.24, 2.45) is 0 Å². The van der Waals surface area contributed by atoms with E-state index in [1.54, 1.807) is 60.8 Å². The summed E-state index contributed by atoms with van der Waals surface area (Å²) in [5, 5.41) is 3.60. The predicted molar refractivity (Wildman–Crippen MR) is 118 cm³/mol. The summed E-state index contributed by atoms with van der Waals surface area (Å²) in [7, 11) is -3.68. The lowest BCUT2D eigenvalue weighted by atomic mass is 10.1. The minimum atomic E-state index is -3.68. The van der Waals surface area contributed by atoms with E-state index in [4.69, 9.17) is 0 Å². The first-order valence-electron chi connectivity index (χ1n) is 9.27. The van der Waals surface area contributed by atoms with Gasteiger partial charge in [-0.1, -0.05) is 35.9 Å². The van der Waals surface area contributed by atoms with E-state index in [0.29, 0.717) is 16.9 Å². The first kappa shape index (κ1) is 19.6. The van der Waals surface area contributed by atoms with Gasteiger partial charge in [-0.3, -0.25) is 14.5 Å². The lowest BCUT2D eigenvalue weighted by molar-refractivity contribution is 0.102. The van der Waals surface area contributed by atoms with Crippen LogP contribution in [0, 0.1) is 6.92 Å². The fourth-order valence-corrected chi connectivity index (χ4v) is 4.10. The minimum Gasteiger partial charge on any atom is -0.322 e. The van der Waals surface area contributed by atoms with Gasteiger partial charge in [0.25, 0.3) is 15.9 Å². The molecule has 0 saturated heterocycles. The van der Waals surface area contributed by atoms with Crippen molar-refractivity contribution in [3.63, 3.8) is 0 Å². The SMILES string of the molecule is Cc1ccc(S(=O)(=O)Nc2ccc(NC(=O)c3ccnc4ccccc34)cc2)cc1. The molecule has 0 saturated carbocycles. The third-order valence-corrected chi connectivity index (χ3v) is 6.02. The van der Waals surface area contributed by atoms with Gasteiger partial charge >= 0.3 is 0 Å². The van der Waals surface area contributed by atoms with Crippen LogP contribution in [0.4, 0.5) is 11.4 Å². The van der Waals surface area contributed by atoms with Crippen molar-refractivity contribution in [1.82, 2.24) is 4.98 Å². The Morgan fingerprint density at radius 2 is 1.50 bits per heavy atom. The van der Waals surface area contributed by atoms with Crippen molar-refractivity contribution in [2.45, 2.75) is 11.8 Å². The van der Waals surface area contributed by atoms with Crippen LogP contribution >= 0.6 is 0 Å². The van der Waals surface area contributed by atoms with Crippen LogP contribution in [0.15, 0.2) is 90.0 Å². The zero-order chi connectivity index (χ0) is 21.1. The largest absolute Gasteiger partial charge is 0.322 e. The second-order valence-corrected chi connectivity index (χ2v) is 8.51. The third kappa shape index (κ3) is 4.16. The Kier molecular flexibility index (Phi) is 5.20. The van der Waals surface area contributed by atoms with Crippen molar-refractivity contribution < 1.29 is 13.2 Å². The maximum absolute atomic E-state index is 12.7. The molecule has 1 amide bonds. The molecular formula is C23H19N3O3S. The van der Waals surface area contributed by atoms with Crippen LogP contribution in [0.2, 0.25) is 0 Å². The summed E-state index contributed by atoms with van der Waals surface area (Å²) in [4.78, 5) is 17.2. The Morgan fingerprint density at radius 3 is 2.23 bits per heavy atom. The maximum atomic E-state index is 12.7. The number of aryl methyl sites for hydroxylation is 1. The molecule has 4 aromatic rings. The molecule has 1 aromatic heterocycles. The van der Waals surface area contributed by atoms with Gasteiger partial charge in [-0.2, -0.15) is 0 Å². The molecule has 2 N–H and O–H groups in total. The number of rotatable bonds is 5. The van der Waals surface area contributed by atoms with E-state index in [9.17, 15) is 13.2 Å². The average Bonchev–Trinajstić information content (AvgIpc) is 2.75. The Hall–Kier alpha value is -3.71. The molecule has 3 aromatic carbocycles. The summed E-state index contributed by atoms with van der Waals surface area (Å²) in [6.45, 7) is 1.89. The fraction of sp³-hybridized carbons (Fsp3) is 0.0435. The molecule has 0 radical (unpaired) electrons. The predicted octanol–water partition coefficient (Wildman–Crippen LogP) is 4.60. The molecule has 0 unspecified atom stereocenters. The van der Waals surface area contributed by atoms with E-state index >= 15 is 0 Å². The van der Waals surface area contributed by atoms with Crippen LogP contribution in [0.1, 0.15) is 15.9 Å². The Bertz CT molecular complexity index is 1310. The summed E-state index contributed by atoms with van der Waals surface area (Å²) in [5.41, 5.74) is 3.20. The summed E-state index contributed by atoms with van der Waals surface area (Å²) in [5.74, 6) is -0.262. The van der Waals surface area contributed by atoms with Crippen LogP contribution in [0.3, 0.4) is 0 Å². The molecule has 0 aliphatic rings. The van der Waals surface area contributed by atoms with Crippen LogP contribution in [0.25, 0.3) is 10.9 Å². The first-order valence-corrected chi connectivity index (χ1v) is 10.8. The van der Waals surface area contributed by atoms with Gasteiger partial charge in [0.1, 0.15) is 0 Å². The van der Waals surface area contributed by atoms with Crippen molar-refractivity contribution in [3.8, 4) is 0 Å². The van der Waals surface area contributed by atoms with Crippen molar-refractivity contribution in [1.29, 1.82) is 0 Å². The first-order chi connectivity index (χ1) is 14.4. The number of sulfonamides is 1. The summed E-state index contributed by atoms with van der Waals surface area (Å²) < 4.78 is 27.5. The quantitative estimate of drug-likeness (QED) is 0.497. The molecule has 0 atom stereocenters. The van der Waals surface area contributed by atoms with Gasteiger partial charge in [0.15, 0.2) is 0 Å². The highest BCUT2D eigenvalue weighted by molar-refractivity contribution is 7.92. The van der Waals surface area contributed by atoms with Crippen molar-refractivity contribution in [2.75, 3.05) is 10.0 Å². The lowest BCUT2D eigenvalue weighted by Crippen LogP contribution is -2.14. The maximum Gasteiger partial charge on any atom is 0.261 e. The molecule has 150 valence electrons. The third-order valence-electron chi connectivity index (χ3n) is 4.62. The normalized spacial score (nSPS) is 11.2. The number of benzene rings is 3. The van der Waals surface area contributed by atoms with Gasteiger partial charge in [-0.15, -0.1) is 0 Å². The van der Waals surface area contributed by atoms with Gasteiger partial charge < -0.3 is 5.32 Å². The standard InChI is InChI=1S/C23H19N3O3S/c1-16-6-12-19(13-7-16)30(28,29)26-18-10-8-17(9-11-18)25-23(27)21-14-15-24-22-5-3-2-4-20(21)22/h2-15,26H,1H3,(H,25,27). The molecule has 6 nitrogen and oxygen atoms in total. The number of aromatic nitrogens is 1. The highest BCUT2D eigenvalue weighted by Gasteiger charge is 2.14. The number of nitrogens with one attached hydrogen (secondary N) is 2. The Balaban J connectivity index is 1.50. The molecule has 0 bridgehead atoms. The van der Waals surface area contributed by atoms with Gasteiger partial charge in [0.2, 0.25) is 0 Å². The second-order valence-electron chi connectivity index (χ2n) is 6.83. The number of carbonyl (C=O) groups is 1. The van der Waals surface area contributed by atoms with E-state index < -0.39 is 10.0 Å². The van der Waals surface area contributed by atoms with Gasteiger partial charge in [0.05, 0.1) is 16.0 Å². The number of fused-ring (bicyclic) bond motifs is 1. The van der Waals surface area contributed by atoms with E-state index in [1.165, 1.54) is 0 Å². The number of pyridine rings is 1. The molecule has 0 aliphatic carbocycles. The Labute approximate surface area is 174 Å². The smallest absolute Gasteiger partial charge is 0.261 e. The zero-order valence-electron chi connectivity index (χ0n) is 16.2. The number of hydrogen-bond acceptors (Lipinski definition) is 4. The number of para-hydroxylation sites is 1. The molecule has 4 rings (SSSR count). The van der Waals surface area contributed by atoms with Gasteiger partial charge in [0, 0.05) is 23.0 Å². The number of anilines is 2. The van der Waals surface area contributed by atoms with Crippen molar-refractivity contribution in [3.05, 3.63) is 96.2 Å². The topological polar surface area (TPSA) is 88.2 Å². The lowest BCUT2D eigenvalue weighted by Gasteiger charge is -2.10. The molecular weight excluding hydrogens is 398 g/mol. The van der Waals surface area contributed by atoms with Gasteiger partial charge in [-0.25, -0.2) is 8.42 Å². The van der Waals surface area contributed by atoms with Crippen LogP contribution in [-0.2, 0) is 10.0 Å². The van der Waals surface area contributed by atoms with E-state index in [2.05, 4.69) is 15.0 Å². The van der Waals surface area contributed by atoms with Gasteiger partial charge in [-0.05, 0) is 55.5 Å².